The van der Waals surface area contributed by atoms with Crippen LogP contribution in [0, 0.1) is 11.6 Å². The van der Waals surface area contributed by atoms with Gasteiger partial charge in [-0.05, 0) is 37.3 Å². The topological polar surface area (TPSA) is 125 Å². The molecule has 1 atom stereocenters. The second-order valence-electron chi connectivity index (χ2n) is 7.27. The number of nitrogens with zero attached hydrogens (tertiary/aromatic N) is 3. The first kappa shape index (κ1) is 23.6. The van der Waals surface area contributed by atoms with E-state index < -0.39 is 17.7 Å². The van der Waals surface area contributed by atoms with Crippen molar-refractivity contribution in [1.29, 1.82) is 0 Å². The van der Waals surface area contributed by atoms with Gasteiger partial charge in [0.05, 0.1) is 23.1 Å². The van der Waals surface area contributed by atoms with Crippen molar-refractivity contribution in [2.75, 3.05) is 25.1 Å². The van der Waals surface area contributed by atoms with Gasteiger partial charge in [0.15, 0.2) is 17.2 Å². The Hall–Kier alpha value is -3.54. The number of nitrogens with one attached hydrogen (secondary N) is 2. The zero-order chi connectivity index (χ0) is 24.2. The van der Waals surface area contributed by atoms with E-state index in [1.54, 1.807) is 25.1 Å². The second kappa shape index (κ2) is 10.2. The van der Waals surface area contributed by atoms with E-state index in [1.807, 2.05) is 0 Å². The molecule has 178 valence electrons. The van der Waals surface area contributed by atoms with Gasteiger partial charge in [-0.2, -0.15) is 15.1 Å². The fourth-order valence-electron chi connectivity index (χ4n) is 3.12. The van der Waals surface area contributed by atoms with Crippen molar-refractivity contribution in [2.45, 2.75) is 13.0 Å². The number of hydrogen-bond acceptors (Lipinski definition) is 8. The Bertz CT molecular complexity index is 1320. The van der Waals surface area contributed by atoms with Crippen molar-refractivity contribution in [3.05, 3.63) is 53.1 Å². The van der Waals surface area contributed by atoms with Gasteiger partial charge in [0.2, 0.25) is 0 Å². The minimum Gasteiger partial charge on any atom is -0.491 e. The number of aliphatic hydroxyl groups is 2. The Labute approximate surface area is 197 Å². The van der Waals surface area contributed by atoms with Crippen molar-refractivity contribution in [1.82, 2.24) is 20.2 Å². The Morgan fingerprint density at radius 1 is 1.18 bits per heavy atom. The second-order valence-corrected chi connectivity index (χ2v) is 7.68. The van der Waals surface area contributed by atoms with Crippen LogP contribution in [0.5, 0.6) is 17.5 Å². The van der Waals surface area contributed by atoms with Crippen LogP contribution in [0.2, 0.25) is 5.02 Å². The average Bonchev–Trinajstić information content (AvgIpc) is 3.22. The quantitative estimate of drug-likeness (QED) is 0.278. The molecule has 0 saturated carbocycles. The number of aromatic amines is 1. The van der Waals surface area contributed by atoms with Crippen molar-refractivity contribution < 1.29 is 28.5 Å². The van der Waals surface area contributed by atoms with Gasteiger partial charge in [0.1, 0.15) is 29.7 Å². The van der Waals surface area contributed by atoms with Crippen molar-refractivity contribution in [2.24, 2.45) is 0 Å². The highest BCUT2D eigenvalue weighted by Gasteiger charge is 2.21. The number of hydrogen-bond donors (Lipinski definition) is 4. The molecule has 0 spiro atoms. The summed E-state index contributed by atoms with van der Waals surface area (Å²) in [5.41, 5.74) is 1.14. The summed E-state index contributed by atoms with van der Waals surface area (Å²) >= 11 is 6.41. The third-order valence-corrected chi connectivity index (χ3v) is 4.94. The van der Waals surface area contributed by atoms with Crippen LogP contribution in [0.25, 0.3) is 22.3 Å². The van der Waals surface area contributed by atoms with Gasteiger partial charge in [-0.15, -0.1) is 0 Å². The van der Waals surface area contributed by atoms with Crippen LogP contribution in [-0.4, -0.2) is 56.2 Å². The van der Waals surface area contributed by atoms with Crippen molar-refractivity contribution >= 4 is 28.5 Å². The number of ether oxygens (including phenoxy) is 2. The van der Waals surface area contributed by atoms with Gasteiger partial charge >= 0.3 is 6.01 Å². The lowest BCUT2D eigenvalue weighted by Gasteiger charge is -2.12. The highest BCUT2D eigenvalue weighted by Crippen LogP contribution is 2.37. The van der Waals surface area contributed by atoms with E-state index in [0.717, 1.165) is 12.1 Å². The molecule has 0 fully saturated rings. The Balaban J connectivity index is 1.80. The fraction of sp³-hybridized carbons (Fsp3) is 0.227. The largest absolute Gasteiger partial charge is 0.491 e. The zero-order valence-electron chi connectivity index (χ0n) is 17.8. The maximum atomic E-state index is 14.1. The average molecular weight is 492 g/mol. The molecule has 34 heavy (non-hydrogen) atoms. The molecule has 9 nitrogen and oxygen atoms in total. The summed E-state index contributed by atoms with van der Waals surface area (Å²) in [5, 5.41) is 29.7. The van der Waals surface area contributed by atoms with E-state index in [2.05, 4.69) is 25.5 Å². The molecule has 2 heterocycles. The number of aromatic nitrogens is 4. The van der Waals surface area contributed by atoms with E-state index >= 15 is 0 Å². The minimum atomic E-state index is -0.918. The first-order valence-electron chi connectivity index (χ1n) is 10.2. The molecule has 2 aromatic heterocycles. The van der Waals surface area contributed by atoms with Crippen molar-refractivity contribution in [3.8, 4) is 28.8 Å². The maximum Gasteiger partial charge on any atom is 0.326 e. The molecule has 0 bridgehead atoms. The summed E-state index contributed by atoms with van der Waals surface area (Å²) < 4.78 is 38.2. The van der Waals surface area contributed by atoms with Gasteiger partial charge < -0.3 is 25.0 Å². The van der Waals surface area contributed by atoms with E-state index in [0.29, 0.717) is 33.5 Å². The van der Waals surface area contributed by atoms with E-state index in [4.69, 9.17) is 26.2 Å². The molecule has 4 N–H and O–H groups in total. The molecule has 4 aromatic rings. The smallest absolute Gasteiger partial charge is 0.326 e. The summed E-state index contributed by atoms with van der Waals surface area (Å²) in [4.78, 5) is 8.56. The highest BCUT2D eigenvalue weighted by molar-refractivity contribution is 6.33. The maximum absolute atomic E-state index is 14.1. The van der Waals surface area contributed by atoms with Gasteiger partial charge in [-0.3, -0.25) is 5.10 Å². The number of H-pyrrole nitrogens is 1. The number of rotatable bonds is 9. The first-order valence-corrected chi connectivity index (χ1v) is 10.6. The molecule has 0 radical (unpaired) electrons. The standard InChI is InChI=1S/C22H20ClF2N5O4/c1-11(32)10-26-20-18-19(14-9-13(33-7-6-31)3-4-15(14)23)29-30-21(18)28-22(27-20)34-17-5-2-12(24)8-16(17)25/h2-5,8-9,11,31-32H,6-7,10H2,1H3,(H2,26,27,28,29,30)/t11-/m0/s1. The molecule has 0 amide bonds. The van der Waals surface area contributed by atoms with Crippen molar-refractivity contribution in [3.63, 3.8) is 0 Å². The van der Waals surface area contributed by atoms with Crippen LogP contribution in [0.4, 0.5) is 14.6 Å². The zero-order valence-corrected chi connectivity index (χ0v) is 18.6. The van der Waals surface area contributed by atoms with Gasteiger partial charge in [-0.25, -0.2) is 8.78 Å². The van der Waals surface area contributed by atoms with Crippen LogP contribution >= 0.6 is 11.6 Å². The van der Waals surface area contributed by atoms with Gasteiger partial charge in [-0.1, -0.05) is 11.6 Å². The molecule has 0 unspecified atom stereocenters. The summed E-state index contributed by atoms with van der Waals surface area (Å²) in [6.45, 7) is 1.68. The number of aliphatic hydroxyl groups excluding tert-OH is 2. The Morgan fingerprint density at radius 3 is 2.74 bits per heavy atom. The first-order chi connectivity index (χ1) is 16.4. The van der Waals surface area contributed by atoms with Gasteiger partial charge in [0.25, 0.3) is 0 Å². The molecule has 0 saturated heterocycles. The summed E-state index contributed by atoms with van der Waals surface area (Å²) in [6, 6.07) is 7.56. The molecular weight excluding hydrogens is 472 g/mol. The van der Waals surface area contributed by atoms with E-state index in [-0.39, 0.29) is 43.0 Å². The highest BCUT2D eigenvalue weighted by atomic mass is 35.5. The molecule has 2 aromatic carbocycles. The van der Waals surface area contributed by atoms with E-state index in [9.17, 15) is 13.9 Å². The number of halogens is 3. The summed E-state index contributed by atoms with van der Waals surface area (Å²) in [6.07, 6.45) is -0.710. The van der Waals surface area contributed by atoms with Crippen LogP contribution in [0.3, 0.4) is 0 Å². The predicted octanol–water partition coefficient (Wildman–Crippen LogP) is 3.91. The molecule has 12 heteroatoms. The molecular formula is C22H20ClF2N5O4. The van der Waals surface area contributed by atoms with Crippen LogP contribution in [-0.2, 0) is 0 Å². The lowest BCUT2D eigenvalue weighted by molar-refractivity contribution is 0.201. The predicted molar refractivity (Wildman–Crippen MR) is 121 cm³/mol. The fourth-order valence-corrected chi connectivity index (χ4v) is 3.33. The molecule has 4 rings (SSSR count). The van der Waals surface area contributed by atoms with Crippen LogP contribution in [0.15, 0.2) is 36.4 Å². The normalized spacial score (nSPS) is 12.1. The lowest BCUT2D eigenvalue weighted by atomic mass is 10.1. The van der Waals surface area contributed by atoms with Gasteiger partial charge in [0, 0.05) is 18.2 Å². The number of fused-ring (bicyclic) bond motifs is 1. The van der Waals surface area contributed by atoms with E-state index in [1.165, 1.54) is 0 Å². The Kier molecular flexibility index (Phi) is 7.06. The third-order valence-electron chi connectivity index (χ3n) is 4.61. The molecule has 0 aliphatic carbocycles. The number of benzene rings is 2. The number of anilines is 1. The third kappa shape index (κ3) is 5.16. The van der Waals surface area contributed by atoms with Crippen LogP contribution in [0.1, 0.15) is 6.92 Å². The monoisotopic (exact) mass is 491 g/mol. The van der Waals surface area contributed by atoms with Crippen LogP contribution < -0.4 is 14.8 Å². The molecule has 0 aliphatic rings. The molecule has 0 aliphatic heterocycles. The minimum absolute atomic E-state index is 0.104. The summed E-state index contributed by atoms with van der Waals surface area (Å²) in [7, 11) is 0. The Morgan fingerprint density at radius 2 is 2.00 bits per heavy atom. The SMILES string of the molecule is C[C@H](O)CNc1nc(Oc2ccc(F)cc2F)nc2[nH]nc(-c3cc(OCCO)ccc3Cl)c12. The lowest BCUT2D eigenvalue weighted by Crippen LogP contribution is -2.16. The summed E-state index contributed by atoms with van der Waals surface area (Å²) in [5.74, 6) is -1.22.